The summed E-state index contributed by atoms with van der Waals surface area (Å²) in [5.41, 5.74) is 0.191. The van der Waals surface area contributed by atoms with Crippen molar-refractivity contribution in [2.24, 2.45) is 11.3 Å². The summed E-state index contributed by atoms with van der Waals surface area (Å²) in [6, 6.07) is 0. The smallest absolute Gasteiger partial charge is 0.0654 e. The minimum Gasteiger partial charge on any atom is -0.384 e. The molecule has 0 bridgehead atoms. The molecule has 3 nitrogen and oxygen atoms in total. The molecule has 2 aliphatic rings. The van der Waals surface area contributed by atoms with Crippen LogP contribution in [0.25, 0.3) is 0 Å². The third kappa shape index (κ3) is 2.89. The first-order valence-electron chi connectivity index (χ1n) is 7.26. The molecule has 0 saturated heterocycles. The number of hydrogen-bond donors (Lipinski definition) is 0. The van der Waals surface area contributed by atoms with Crippen molar-refractivity contribution in [2.45, 2.75) is 51.0 Å². The zero-order chi connectivity index (χ0) is 13.1. The van der Waals surface area contributed by atoms with Crippen LogP contribution < -0.4 is 0 Å². The SMILES string of the molecule is COCC(COC)(COC1(C)CCC1)C1CCC1. The average Bonchev–Trinajstić information content (AvgIpc) is 2.22. The summed E-state index contributed by atoms with van der Waals surface area (Å²) in [6.07, 6.45) is 7.65. The molecule has 0 radical (unpaired) electrons. The first kappa shape index (κ1) is 14.3. The Morgan fingerprint density at radius 3 is 1.94 bits per heavy atom. The molecule has 0 atom stereocenters. The van der Waals surface area contributed by atoms with Gasteiger partial charge in [-0.15, -0.1) is 0 Å². The number of ether oxygens (including phenoxy) is 3. The Hall–Kier alpha value is -0.120. The molecular weight excluding hydrogens is 228 g/mol. The van der Waals surface area contributed by atoms with Crippen molar-refractivity contribution in [1.82, 2.24) is 0 Å². The molecule has 0 aromatic carbocycles. The minimum absolute atomic E-state index is 0.0698. The normalized spacial score (nSPS) is 23.5. The van der Waals surface area contributed by atoms with Gasteiger partial charge < -0.3 is 14.2 Å². The van der Waals surface area contributed by atoms with Gasteiger partial charge in [0.15, 0.2) is 0 Å². The van der Waals surface area contributed by atoms with E-state index in [0.29, 0.717) is 5.92 Å². The third-order valence-corrected chi connectivity index (χ3v) is 4.95. The molecule has 18 heavy (non-hydrogen) atoms. The molecule has 0 unspecified atom stereocenters. The molecule has 0 amide bonds. The molecule has 3 heteroatoms. The molecule has 2 fully saturated rings. The van der Waals surface area contributed by atoms with Gasteiger partial charge in [-0.05, 0) is 44.9 Å². The van der Waals surface area contributed by atoms with Gasteiger partial charge in [0.2, 0.25) is 0 Å². The summed E-state index contributed by atoms with van der Waals surface area (Å²) in [5.74, 6) is 0.709. The topological polar surface area (TPSA) is 27.7 Å². The van der Waals surface area contributed by atoms with E-state index < -0.39 is 0 Å². The Labute approximate surface area is 111 Å². The molecule has 106 valence electrons. The van der Waals surface area contributed by atoms with Crippen LogP contribution in [-0.2, 0) is 14.2 Å². The first-order valence-corrected chi connectivity index (χ1v) is 7.26. The lowest BCUT2D eigenvalue weighted by Crippen LogP contribution is -2.49. The number of rotatable bonds is 8. The minimum atomic E-state index is 0.0698. The van der Waals surface area contributed by atoms with E-state index in [2.05, 4.69) is 6.92 Å². The fraction of sp³-hybridized carbons (Fsp3) is 1.00. The predicted molar refractivity (Wildman–Crippen MR) is 71.7 cm³/mol. The maximum absolute atomic E-state index is 6.23. The highest BCUT2D eigenvalue weighted by Crippen LogP contribution is 2.45. The molecule has 0 aromatic heterocycles. The molecule has 2 rings (SSSR count). The van der Waals surface area contributed by atoms with E-state index in [1.165, 1.54) is 38.5 Å². The number of methoxy groups -OCH3 is 2. The quantitative estimate of drug-likeness (QED) is 0.668. The first-order chi connectivity index (χ1) is 8.64. The van der Waals surface area contributed by atoms with Gasteiger partial charge in [0.1, 0.15) is 0 Å². The van der Waals surface area contributed by atoms with E-state index in [0.717, 1.165) is 19.8 Å². The molecule has 0 aromatic rings. The fourth-order valence-corrected chi connectivity index (χ4v) is 3.21. The largest absolute Gasteiger partial charge is 0.384 e. The second-order valence-electron chi connectivity index (χ2n) is 6.45. The van der Waals surface area contributed by atoms with Crippen molar-refractivity contribution in [2.75, 3.05) is 34.0 Å². The van der Waals surface area contributed by atoms with Crippen LogP contribution in [0.4, 0.5) is 0 Å². The zero-order valence-corrected chi connectivity index (χ0v) is 12.2. The van der Waals surface area contributed by atoms with E-state index in [4.69, 9.17) is 14.2 Å². The van der Waals surface area contributed by atoms with Crippen LogP contribution in [0.15, 0.2) is 0 Å². The predicted octanol–water partition coefficient (Wildman–Crippen LogP) is 3.02. The Morgan fingerprint density at radius 1 is 1.00 bits per heavy atom. The molecule has 2 aliphatic carbocycles. The van der Waals surface area contributed by atoms with Crippen LogP contribution in [0.1, 0.15) is 45.4 Å². The zero-order valence-electron chi connectivity index (χ0n) is 12.2. The number of hydrogen-bond acceptors (Lipinski definition) is 3. The van der Waals surface area contributed by atoms with Crippen LogP contribution in [0.2, 0.25) is 0 Å². The van der Waals surface area contributed by atoms with Crippen LogP contribution in [0, 0.1) is 11.3 Å². The van der Waals surface area contributed by atoms with E-state index in [1.807, 2.05) is 0 Å². The van der Waals surface area contributed by atoms with Gasteiger partial charge in [-0.25, -0.2) is 0 Å². The van der Waals surface area contributed by atoms with E-state index in [-0.39, 0.29) is 11.0 Å². The summed E-state index contributed by atoms with van der Waals surface area (Å²) in [6.45, 7) is 4.53. The highest BCUT2D eigenvalue weighted by molar-refractivity contribution is 4.93. The van der Waals surface area contributed by atoms with E-state index in [9.17, 15) is 0 Å². The average molecular weight is 256 g/mol. The van der Waals surface area contributed by atoms with Gasteiger partial charge in [-0.3, -0.25) is 0 Å². The summed E-state index contributed by atoms with van der Waals surface area (Å²) >= 11 is 0. The van der Waals surface area contributed by atoms with Crippen LogP contribution in [0.5, 0.6) is 0 Å². The van der Waals surface area contributed by atoms with Crippen LogP contribution in [0.3, 0.4) is 0 Å². The summed E-state index contributed by atoms with van der Waals surface area (Å²) in [7, 11) is 3.57. The molecular formula is C15H28O3. The van der Waals surface area contributed by atoms with Crippen molar-refractivity contribution in [1.29, 1.82) is 0 Å². The maximum Gasteiger partial charge on any atom is 0.0654 e. The second kappa shape index (κ2) is 5.89. The summed E-state index contributed by atoms with van der Waals surface area (Å²) in [4.78, 5) is 0. The van der Waals surface area contributed by atoms with Crippen molar-refractivity contribution in [3.05, 3.63) is 0 Å². The Bertz CT molecular complexity index is 250. The van der Waals surface area contributed by atoms with Crippen molar-refractivity contribution >= 4 is 0 Å². The monoisotopic (exact) mass is 256 g/mol. The summed E-state index contributed by atoms with van der Waals surface area (Å²) < 4.78 is 17.2. The van der Waals surface area contributed by atoms with Crippen LogP contribution >= 0.6 is 0 Å². The van der Waals surface area contributed by atoms with E-state index in [1.54, 1.807) is 14.2 Å². The highest BCUT2D eigenvalue weighted by atomic mass is 16.5. The van der Waals surface area contributed by atoms with Crippen LogP contribution in [-0.4, -0.2) is 39.6 Å². The van der Waals surface area contributed by atoms with Crippen molar-refractivity contribution < 1.29 is 14.2 Å². The molecule has 0 heterocycles. The highest BCUT2D eigenvalue weighted by Gasteiger charge is 2.45. The van der Waals surface area contributed by atoms with Gasteiger partial charge in [0.25, 0.3) is 0 Å². The third-order valence-electron chi connectivity index (χ3n) is 4.95. The standard InChI is InChI=1S/C15H28O3/c1-14(8-5-9-14)18-12-15(10-16-2,11-17-3)13-6-4-7-13/h13H,4-12H2,1-3H3. The van der Waals surface area contributed by atoms with Gasteiger partial charge in [-0.2, -0.15) is 0 Å². The Kier molecular flexibility index (Phi) is 4.68. The molecule has 0 aliphatic heterocycles. The summed E-state index contributed by atoms with van der Waals surface area (Å²) in [5, 5.41) is 0. The van der Waals surface area contributed by atoms with Crippen molar-refractivity contribution in [3.63, 3.8) is 0 Å². The van der Waals surface area contributed by atoms with Crippen molar-refractivity contribution in [3.8, 4) is 0 Å². The van der Waals surface area contributed by atoms with Gasteiger partial charge >= 0.3 is 0 Å². The van der Waals surface area contributed by atoms with E-state index >= 15 is 0 Å². The fourth-order valence-electron chi connectivity index (χ4n) is 3.21. The maximum atomic E-state index is 6.23. The lowest BCUT2D eigenvalue weighted by molar-refractivity contribution is -0.163. The molecule has 2 saturated carbocycles. The van der Waals surface area contributed by atoms with Gasteiger partial charge in [-0.1, -0.05) is 6.42 Å². The molecule has 0 N–H and O–H groups in total. The molecule has 0 spiro atoms. The second-order valence-corrected chi connectivity index (χ2v) is 6.45. The lowest BCUT2D eigenvalue weighted by Gasteiger charge is -2.47. The Morgan fingerprint density at radius 2 is 1.61 bits per heavy atom. The lowest BCUT2D eigenvalue weighted by atomic mass is 9.66. The Balaban J connectivity index is 1.96. The van der Waals surface area contributed by atoms with Gasteiger partial charge in [0, 0.05) is 19.6 Å². The van der Waals surface area contributed by atoms with Gasteiger partial charge in [0.05, 0.1) is 25.4 Å².